The maximum absolute atomic E-state index is 14.5. The zero-order valence-corrected chi connectivity index (χ0v) is 56.8. The summed E-state index contributed by atoms with van der Waals surface area (Å²) in [4.78, 5) is 121. The lowest BCUT2D eigenvalue weighted by molar-refractivity contribution is -0.138. The van der Waals surface area contributed by atoms with Crippen molar-refractivity contribution in [1.82, 2.24) is 25.3 Å². The predicted octanol–water partition coefficient (Wildman–Crippen LogP) is 9.17. The molecular weight excluding hydrogens is 1210 g/mol. The van der Waals surface area contributed by atoms with E-state index in [2.05, 4.69) is 67.9 Å². The summed E-state index contributed by atoms with van der Waals surface area (Å²) in [5.41, 5.74) is 7.68. The fourth-order valence-corrected chi connectivity index (χ4v) is 11.4. The van der Waals surface area contributed by atoms with E-state index in [-0.39, 0.29) is 110 Å². The highest BCUT2D eigenvalue weighted by Gasteiger charge is 2.54. The molecule has 3 aromatic rings. The van der Waals surface area contributed by atoms with Crippen molar-refractivity contribution in [3.63, 3.8) is 0 Å². The molecule has 7 rings (SSSR count). The van der Waals surface area contributed by atoms with Gasteiger partial charge in [0.1, 0.15) is 12.6 Å². The number of benzene rings is 3. The Bertz CT molecular complexity index is 3130. The van der Waals surface area contributed by atoms with Crippen molar-refractivity contribution in [3.8, 4) is 23.0 Å². The lowest BCUT2D eigenvalue weighted by Crippen LogP contribution is -2.60. The van der Waals surface area contributed by atoms with E-state index >= 15 is 0 Å². The molecule has 0 aromatic heterocycles. The van der Waals surface area contributed by atoms with Crippen LogP contribution in [0.4, 0.5) is 16.2 Å². The number of thiol groups is 1. The topological polar surface area (TPSA) is 295 Å². The van der Waals surface area contributed by atoms with Gasteiger partial charge in [-0.3, -0.25) is 48.2 Å². The molecule has 4 aliphatic rings. The fraction of sp³-hybridized carbons (Fsp3) is 0.522. The fourth-order valence-electron chi connectivity index (χ4n) is 11.1. The van der Waals surface area contributed by atoms with Gasteiger partial charge < -0.3 is 60.3 Å². The van der Waals surface area contributed by atoms with Crippen molar-refractivity contribution in [1.29, 1.82) is 0 Å². The van der Waals surface area contributed by atoms with E-state index in [1.807, 2.05) is 40.7 Å². The van der Waals surface area contributed by atoms with E-state index < -0.39 is 47.4 Å². The number of likely N-dealkylation sites (tertiary alicyclic amines) is 2. The Hall–Kier alpha value is -8.38. The number of amides is 9. The predicted molar refractivity (Wildman–Crippen MR) is 361 cm³/mol. The van der Waals surface area contributed by atoms with Gasteiger partial charge in [-0.2, -0.15) is 12.6 Å². The van der Waals surface area contributed by atoms with Crippen molar-refractivity contribution in [3.05, 3.63) is 108 Å². The number of fused-ring (bicyclic) bond motifs is 2. The Morgan fingerprint density at radius 3 is 2.03 bits per heavy atom. The van der Waals surface area contributed by atoms with E-state index in [4.69, 9.17) is 23.7 Å². The number of nitrogens with one attached hydrogen (secondary N) is 3. The van der Waals surface area contributed by atoms with Crippen LogP contribution < -0.4 is 45.5 Å². The van der Waals surface area contributed by atoms with E-state index in [0.717, 1.165) is 16.7 Å². The van der Waals surface area contributed by atoms with Gasteiger partial charge >= 0.3 is 6.09 Å². The Kier molecular flexibility index (Phi) is 31.5. The third-order valence-corrected chi connectivity index (χ3v) is 16.1. The number of anilines is 2. The molecule has 93 heavy (non-hydrogen) atoms. The number of primary amides is 1. The average Bonchev–Trinajstić information content (AvgIpc) is 1.59. The number of nitrogens with two attached hydrogens (primary N) is 1. The standard InChI is InChI=1S/C62H79N7O14S.C3H8.C2H5NO.C2H6/c1-9-17-46(65-55(72)33-63-54(71)18-13-11-14-23-66-56(73)31-52(84)60(66)77)57(74)64-42-21-19-41(20-22-42)37-83-61(78)69-47-30-51(49(80-8)29-45(47)59(76)68-35-39(4)32-62(68,6)53(69)36-70)82-25-16-12-15-24-81-50-27-40(5)44(28-48(50)79-7)58(75)67-34-38(3)26-43(67)10-2;1-3-2;1-2(3)4;1-2/h10,19-22,27-30,43,46,52-53,70,84H,2-4,9,11-18,23-26,31-37H2,1,5-8H3,(H,63,71)(H,64,74)(H,65,72);3H2,1-2H3;1H3,(H2,3,4);1-2H3. The number of carbonyl (C=O) groups is 9. The minimum Gasteiger partial charge on any atom is -0.493 e. The minimum atomic E-state index is -1.07. The summed E-state index contributed by atoms with van der Waals surface area (Å²) in [6, 6.07) is 11.2. The van der Waals surface area contributed by atoms with Crippen molar-refractivity contribution in [2.45, 2.75) is 174 Å². The smallest absolute Gasteiger partial charge is 0.415 e. The monoisotopic (exact) mass is 1310 g/mol. The third kappa shape index (κ3) is 21.3. The van der Waals surface area contributed by atoms with Crippen molar-refractivity contribution >= 4 is 77.4 Å². The number of hydrogen-bond donors (Lipinski definition) is 6. The molecule has 6 N–H and O–H groups in total. The molecule has 5 unspecified atom stereocenters. The van der Waals surface area contributed by atoms with Gasteiger partial charge in [0.15, 0.2) is 23.0 Å². The van der Waals surface area contributed by atoms with Crippen LogP contribution in [0.5, 0.6) is 23.0 Å². The SMILES string of the molecule is C=CC1CC(=C)CN1C(=O)c1cc(OC)c(OCCCCCOc2cc3c(cc2OC)C(=O)N2CC(=C)CC2(C)C(CO)N3C(=O)OCc2ccc(NC(=O)C(CCC)NC(=O)CNC(=O)CCCCCN3C(=O)CC(S)C3=O)cc2)cc1C.CC.CC(N)=O.CCC. The summed E-state index contributed by atoms with van der Waals surface area (Å²) in [5, 5.41) is 18.6. The van der Waals surface area contributed by atoms with E-state index in [0.29, 0.717) is 106 Å². The zero-order chi connectivity index (χ0) is 69.1. The van der Waals surface area contributed by atoms with Gasteiger partial charge in [-0.1, -0.05) is 96.4 Å². The summed E-state index contributed by atoms with van der Waals surface area (Å²) in [7, 11) is 2.99. The molecule has 0 spiro atoms. The highest BCUT2D eigenvalue weighted by molar-refractivity contribution is 7.81. The van der Waals surface area contributed by atoms with E-state index in [1.165, 1.54) is 43.4 Å². The third-order valence-electron chi connectivity index (χ3n) is 15.7. The van der Waals surface area contributed by atoms with Crippen LogP contribution >= 0.6 is 12.6 Å². The second-order valence-electron chi connectivity index (χ2n) is 23.2. The molecule has 3 saturated heterocycles. The number of ether oxygens (including phenoxy) is 5. The molecule has 3 aromatic carbocycles. The number of hydrogen-bond acceptors (Lipinski definition) is 16. The molecule has 0 aliphatic carbocycles. The minimum absolute atomic E-state index is 0.0894. The van der Waals surface area contributed by atoms with Gasteiger partial charge in [0.2, 0.25) is 35.4 Å². The number of aliphatic hydroxyl groups is 1. The zero-order valence-electron chi connectivity index (χ0n) is 56.0. The molecule has 0 radical (unpaired) electrons. The van der Waals surface area contributed by atoms with Gasteiger partial charge in [-0.05, 0) is 107 Å². The number of aryl methyl sites for hydroxylation is 1. The Morgan fingerprint density at radius 1 is 0.839 bits per heavy atom. The number of nitrogens with zero attached hydrogens (tertiary/aromatic N) is 4. The molecule has 23 nitrogen and oxygen atoms in total. The number of rotatable bonds is 28. The number of unbranched alkanes of at least 4 members (excludes halogenated alkanes) is 4. The van der Waals surface area contributed by atoms with Crippen LogP contribution in [0.25, 0.3) is 0 Å². The molecule has 510 valence electrons. The molecule has 9 amide bonds. The number of aliphatic hydroxyl groups excluding tert-OH is 1. The van der Waals surface area contributed by atoms with Crippen LogP contribution in [0.3, 0.4) is 0 Å². The summed E-state index contributed by atoms with van der Waals surface area (Å²) in [6.45, 7) is 27.7. The molecule has 0 bridgehead atoms. The largest absolute Gasteiger partial charge is 0.493 e. The molecule has 4 heterocycles. The number of methoxy groups -OCH3 is 2. The molecule has 5 atom stereocenters. The average molecular weight is 1310 g/mol. The van der Waals surface area contributed by atoms with Crippen LogP contribution in [0, 0.1) is 6.92 Å². The highest BCUT2D eigenvalue weighted by atomic mass is 32.1. The highest BCUT2D eigenvalue weighted by Crippen LogP contribution is 2.47. The van der Waals surface area contributed by atoms with Gasteiger partial charge in [0.25, 0.3) is 11.8 Å². The van der Waals surface area contributed by atoms with Gasteiger partial charge in [-0.25, -0.2) is 4.79 Å². The second-order valence-corrected chi connectivity index (χ2v) is 23.8. The van der Waals surface area contributed by atoms with Gasteiger partial charge in [0, 0.05) is 56.7 Å². The lowest BCUT2D eigenvalue weighted by atomic mass is 9.88. The van der Waals surface area contributed by atoms with Crippen molar-refractivity contribution in [2.24, 2.45) is 5.73 Å². The normalized spacial score (nSPS) is 18.2. The summed E-state index contributed by atoms with van der Waals surface area (Å²) < 4.78 is 29.8. The summed E-state index contributed by atoms with van der Waals surface area (Å²) in [5.74, 6) is -1.25. The van der Waals surface area contributed by atoms with Gasteiger partial charge in [0.05, 0.1) is 74.7 Å². The molecule has 0 saturated carbocycles. The molecular formula is C69H98N8O15S. The summed E-state index contributed by atoms with van der Waals surface area (Å²) >= 11 is 4.13. The first kappa shape index (κ1) is 77.1. The van der Waals surface area contributed by atoms with Gasteiger partial charge in [-0.15, -0.1) is 6.58 Å². The molecule has 24 heteroatoms. The Morgan fingerprint density at radius 2 is 1.45 bits per heavy atom. The van der Waals surface area contributed by atoms with Crippen LogP contribution in [0.1, 0.15) is 164 Å². The lowest BCUT2D eigenvalue weighted by Gasteiger charge is -2.42. The first-order valence-corrected chi connectivity index (χ1v) is 32.5. The first-order valence-electron chi connectivity index (χ1n) is 32.0. The maximum Gasteiger partial charge on any atom is 0.415 e. The van der Waals surface area contributed by atoms with Crippen molar-refractivity contribution < 1.29 is 71.9 Å². The number of imide groups is 1. The maximum atomic E-state index is 14.5. The van der Waals surface area contributed by atoms with Crippen LogP contribution in [-0.2, 0) is 40.1 Å². The molecule has 4 aliphatic heterocycles. The molecule has 3 fully saturated rings. The van der Waals surface area contributed by atoms with E-state index in [1.54, 1.807) is 52.3 Å². The van der Waals surface area contributed by atoms with Crippen LogP contribution in [0.15, 0.2) is 85.5 Å². The van der Waals surface area contributed by atoms with E-state index in [9.17, 15) is 48.3 Å². The second kappa shape index (κ2) is 38.0. The van der Waals surface area contributed by atoms with Crippen molar-refractivity contribution in [2.75, 3.05) is 70.4 Å². The Labute approximate surface area is 553 Å². The quantitative estimate of drug-likeness (QED) is 0.0171. The first-order chi connectivity index (χ1) is 44.4. The Balaban J connectivity index is 0.00000193. The van der Waals surface area contributed by atoms with Crippen LogP contribution in [0.2, 0.25) is 0 Å². The number of carbonyl (C=O) groups excluding carboxylic acids is 9. The van der Waals surface area contributed by atoms with Crippen LogP contribution in [-0.4, -0.2) is 162 Å². The summed E-state index contributed by atoms with van der Waals surface area (Å²) in [6.07, 6.45) is 7.94.